The van der Waals surface area contributed by atoms with Crippen LogP contribution in [0.25, 0.3) is 16.9 Å². The summed E-state index contributed by atoms with van der Waals surface area (Å²) in [6.07, 6.45) is 4.94. The SMILES string of the molecule is CCOC(=O)c1cnc(Nc2ccc(-n3cnc(C)c3)c(OC)c2)nc1-c1ccc(F)cc1Cl. The number of imidazole rings is 1. The highest BCUT2D eigenvalue weighted by Crippen LogP contribution is 2.32. The predicted octanol–water partition coefficient (Wildman–Crippen LogP) is 5.36. The minimum Gasteiger partial charge on any atom is -0.494 e. The third-order valence-electron chi connectivity index (χ3n) is 4.90. The zero-order chi connectivity index (χ0) is 24.2. The Hall–Kier alpha value is -3.98. The summed E-state index contributed by atoms with van der Waals surface area (Å²) < 4.78 is 26.1. The number of aromatic nitrogens is 4. The maximum absolute atomic E-state index is 13.6. The molecule has 4 aromatic rings. The van der Waals surface area contributed by atoms with E-state index in [-0.39, 0.29) is 28.8 Å². The number of hydrogen-bond donors (Lipinski definition) is 1. The fourth-order valence-corrected chi connectivity index (χ4v) is 3.59. The van der Waals surface area contributed by atoms with Crippen molar-refractivity contribution in [2.24, 2.45) is 0 Å². The topological polar surface area (TPSA) is 91.2 Å². The summed E-state index contributed by atoms with van der Waals surface area (Å²) in [4.78, 5) is 25.5. The molecular formula is C24H21ClFN5O3. The van der Waals surface area contributed by atoms with Crippen LogP contribution in [0.1, 0.15) is 23.0 Å². The number of carbonyl (C=O) groups is 1. The molecule has 0 unspecified atom stereocenters. The summed E-state index contributed by atoms with van der Waals surface area (Å²) in [5, 5.41) is 3.21. The van der Waals surface area contributed by atoms with Gasteiger partial charge in [0.25, 0.3) is 0 Å². The lowest BCUT2D eigenvalue weighted by Gasteiger charge is -2.14. The van der Waals surface area contributed by atoms with Crippen LogP contribution >= 0.6 is 11.6 Å². The Balaban J connectivity index is 1.72. The van der Waals surface area contributed by atoms with Crippen LogP contribution in [0.15, 0.2) is 55.1 Å². The number of hydrogen-bond acceptors (Lipinski definition) is 7. The van der Waals surface area contributed by atoms with Crippen molar-refractivity contribution in [1.29, 1.82) is 0 Å². The smallest absolute Gasteiger partial charge is 0.341 e. The van der Waals surface area contributed by atoms with Crippen LogP contribution in [-0.4, -0.2) is 39.2 Å². The molecule has 0 spiro atoms. The lowest BCUT2D eigenvalue weighted by Crippen LogP contribution is -2.10. The second-order valence-corrected chi connectivity index (χ2v) is 7.64. The number of halogens is 2. The second-order valence-electron chi connectivity index (χ2n) is 7.23. The number of nitrogens with one attached hydrogen (secondary N) is 1. The minimum atomic E-state index is -0.605. The first-order valence-corrected chi connectivity index (χ1v) is 10.7. The maximum atomic E-state index is 13.6. The molecular weight excluding hydrogens is 461 g/mol. The average Bonchev–Trinajstić information content (AvgIpc) is 3.25. The van der Waals surface area contributed by atoms with Crippen molar-refractivity contribution < 1.29 is 18.7 Å². The van der Waals surface area contributed by atoms with Gasteiger partial charge in [-0.3, -0.25) is 0 Å². The molecule has 4 rings (SSSR count). The van der Waals surface area contributed by atoms with E-state index in [1.165, 1.54) is 18.3 Å². The third-order valence-corrected chi connectivity index (χ3v) is 5.21. The summed E-state index contributed by atoms with van der Waals surface area (Å²) >= 11 is 6.25. The Morgan fingerprint density at radius 1 is 1.21 bits per heavy atom. The fourth-order valence-electron chi connectivity index (χ4n) is 3.34. The number of aryl methyl sites for hydroxylation is 1. The van der Waals surface area contributed by atoms with Crippen LogP contribution in [0.3, 0.4) is 0 Å². The Morgan fingerprint density at radius 2 is 2.03 bits per heavy atom. The van der Waals surface area contributed by atoms with E-state index in [0.29, 0.717) is 17.0 Å². The van der Waals surface area contributed by atoms with E-state index in [1.54, 1.807) is 26.4 Å². The van der Waals surface area contributed by atoms with E-state index < -0.39 is 11.8 Å². The van der Waals surface area contributed by atoms with Gasteiger partial charge in [0.2, 0.25) is 5.95 Å². The first-order chi connectivity index (χ1) is 16.4. The van der Waals surface area contributed by atoms with Crippen molar-refractivity contribution in [2.75, 3.05) is 19.0 Å². The van der Waals surface area contributed by atoms with E-state index in [1.807, 2.05) is 29.8 Å². The number of benzene rings is 2. The zero-order valence-corrected chi connectivity index (χ0v) is 19.4. The van der Waals surface area contributed by atoms with Gasteiger partial charge in [-0.25, -0.2) is 24.1 Å². The molecule has 0 aliphatic rings. The van der Waals surface area contributed by atoms with Gasteiger partial charge in [-0.2, -0.15) is 0 Å². The Bertz CT molecular complexity index is 1360. The average molecular weight is 482 g/mol. The van der Waals surface area contributed by atoms with E-state index in [2.05, 4.69) is 20.3 Å². The van der Waals surface area contributed by atoms with Gasteiger partial charge in [-0.1, -0.05) is 11.6 Å². The van der Waals surface area contributed by atoms with Crippen molar-refractivity contribution in [3.63, 3.8) is 0 Å². The molecule has 0 saturated carbocycles. The van der Waals surface area contributed by atoms with Gasteiger partial charge in [0.1, 0.15) is 17.1 Å². The summed E-state index contributed by atoms with van der Waals surface area (Å²) in [7, 11) is 1.58. The quantitative estimate of drug-likeness (QED) is 0.355. The maximum Gasteiger partial charge on any atom is 0.341 e. The predicted molar refractivity (Wildman–Crippen MR) is 127 cm³/mol. The standard InChI is InChI=1S/C24H21ClFN5O3/c1-4-34-23(32)18-11-27-24(30-22(18)17-7-5-15(26)9-19(17)25)29-16-6-8-20(21(10-16)33-3)31-12-14(2)28-13-31/h5-13H,4H2,1-3H3,(H,27,29,30). The largest absolute Gasteiger partial charge is 0.494 e. The molecule has 0 amide bonds. The van der Waals surface area contributed by atoms with Crippen molar-refractivity contribution in [3.8, 4) is 22.7 Å². The molecule has 1 N–H and O–H groups in total. The lowest BCUT2D eigenvalue weighted by molar-refractivity contribution is 0.0526. The highest BCUT2D eigenvalue weighted by atomic mass is 35.5. The molecule has 0 fully saturated rings. The van der Waals surface area contributed by atoms with Gasteiger partial charge in [-0.05, 0) is 44.2 Å². The summed E-state index contributed by atoms with van der Waals surface area (Å²) in [6, 6.07) is 9.35. The molecule has 8 nitrogen and oxygen atoms in total. The molecule has 0 aliphatic heterocycles. The Morgan fingerprint density at radius 3 is 2.71 bits per heavy atom. The van der Waals surface area contributed by atoms with E-state index in [9.17, 15) is 9.18 Å². The van der Waals surface area contributed by atoms with Crippen LogP contribution < -0.4 is 10.1 Å². The Labute approximate surface area is 200 Å². The molecule has 2 heterocycles. The molecule has 2 aromatic carbocycles. The molecule has 2 aromatic heterocycles. The molecule has 0 atom stereocenters. The first-order valence-electron chi connectivity index (χ1n) is 10.3. The normalized spacial score (nSPS) is 10.7. The number of anilines is 2. The molecule has 0 radical (unpaired) electrons. The van der Waals surface area contributed by atoms with Gasteiger partial charge in [-0.15, -0.1) is 0 Å². The van der Waals surface area contributed by atoms with Gasteiger partial charge in [0.15, 0.2) is 0 Å². The third kappa shape index (κ3) is 4.84. The number of ether oxygens (including phenoxy) is 2. The van der Waals surface area contributed by atoms with E-state index >= 15 is 0 Å². The first kappa shape index (κ1) is 23.2. The molecule has 10 heteroatoms. The number of methoxy groups -OCH3 is 1. The highest BCUT2D eigenvalue weighted by molar-refractivity contribution is 6.33. The number of esters is 1. The van der Waals surface area contributed by atoms with E-state index in [4.69, 9.17) is 21.1 Å². The van der Waals surface area contributed by atoms with Crippen LogP contribution in [0.4, 0.5) is 16.0 Å². The number of rotatable bonds is 7. The summed E-state index contributed by atoms with van der Waals surface area (Å²) in [6.45, 7) is 3.78. The van der Waals surface area contributed by atoms with Crippen LogP contribution in [0, 0.1) is 12.7 Å². The van der Waals surface area contributed by atoms with Crippen molar-refractivity contribution in [1.82, 2.24) is 19.5 Å². The van der Waals surface area contributed by atoms with Crippen molar-refractivity contribution in [3.05, 3.63) is 77.2 Å². The van der Waals surface area contributed by atoms with Crippen molar-refractivity contribution >= 4 is 29.2 Å². The zero-order valence-electron chi connectivity index (χ0n) is 18.7. The number of nitrogens with zero attached hydrogens (tertiary/aromatic N) is 4. The van der Waals surface area contributed by atoms with Crippen LogP contribution in [0.5, 0.6) is 5.75 Å². The minimum absolute atomic E-state index is 0.108. The van der Waals surface area contributed by atoms with Gasteiger partial charge >= 0.3 is 5.97 Å². The number of carbonyl (C=O) groups excluding carboxylic acids is 1. The Kier molecular flexibility index (Phi) is 6.74. The fraction of sp³-hybridized carbons (Fsp3) is 0.167. The molecule has 34 heavy (non-hydrogen) atoms. The monoisotopic (exact) mass is 481 g/mol. The second kappa shape index (κ2) is 9.88. The molecule has 0 saturated heterocycles. The summed E-state index contributed by atoms with van der Waals surface area (Å²) in [5.74, 6) is -0.297. The van der Waals surface area contributed by atoms with Gasteiger partial charge < -0.3 is 19.4 Å². The highest BCUT2D eigenvalue weighted by Gasteiger charge is 2.20. The molecule has 0 bridgehead atoms. The van der Waals surface area contributed by atoms with Crippen LogP contribution in [-0.2, 0) is 4.74 Å². The van der Waals surface area contributed by atoms with E-state index in [0.717, 1.165) is 17.4 Å². The van der Waals surface area contributed by atoms with Gasteiger partial charge in [0, 0.05) is 29.7 Å². The van der Waals surface area contributed by atoms with Crippen LogP contribution in [0.2, 0.25) is 5.02 Å². The lowest BCUT2D eigenvalue weighted by atomic mass is 10.1. The molecule has 0 aliphatic carbocycles. The van der Waals surface area contributed by atoms with Crippen molar-refractivity contribution in [2.45, 2.75) is 13.8 Å². The van der Waals surface area contributed by atoms with Gasteiger partial charge in [0.05, 0.1) is 42.1 Å². The molecule has 174 valence electrons. The summed E-state index contributed by atoms with van der Waals surface area (Å²) in [5.41, 5.74) is 3.05.